The van der Waals surface area contributed by atoms with Gasteiger partial charge in [-0.05, 0) is 6.92 Å². The van der Waals surface area contributed by atoms with Crippen LogP contribution in [0.2, 0.25) is 0 Å². The fraction of sp³-hybridized carbons (Fsp3) is 0.889. The fourth-order valence-electron chi connectivity index (χ4n) is 1.48. The van der Waals surface area contributed by atoms with Crippen molar-refractivity contribution in [3.05, 3.63) is 0 Å². The summed E-state index contributed by atoms with van der Waals surface area (Å²) >= 11 is 1.80. The van der Waals surface area contributed by atoms with Crippen LogP contribution >= 0.6 is 11.8 Å². The molecule has 14 heavy (non-hydrogen) atoms. The third-order valence-corrected chi connectivity index (χ3v) is 3.20. The molecule has 5 heteroatoms. The van der Waals surface area contributed by atoms with Crippen molar-refractivity contribution >= 4 is 17.7 Å². The summed E-state index contributed by atoms with van der Waals surface area (Å²) < 4.78 is 0. The molecular weight excluding hydrogens is 200 g/mol. The van der Waals surface area contributed by atoms with Crippen LogP contribution in [0.15, 0.2) is 0 Å². The first-order chi connectivity index (χ1) is 6.61. The van der Waals surface area contributed by atoms with Crippen LogP contribution in [0, 0.1) is 0 Å². The van der Waals surface area contributed by atoms with Crippen molar-refractivity contribution in [3.8, 4) is 0 Å². The van der Waals surface area contributed by atoms with E-state index in [1.807, 2.05) is 0 Å². The maximum atomic E-state index is 11.8. The summed E-state index contributed by atoms with van der Waals surface area (Å²) in [5.41, 5.74) is 0. The number of carbonyl (C=O) groups is 1. The molecule has 1 fully saturated rings. The summed E-state index contributed by atoms with van der Waals surface area (Å²) in [6.45, 7) is 2.98. The van der Waals surface area contributed by atoms with Crippen LogP contribution in [0.5, 0.6) is 0 Å². The van der Waals surface area contributed by atoms with Crippen LogP contribution in [-0.2, 0) is 4.79 Å². The summed E-state index contributed by atoms with van der Waals surface area (Å²) in [4.78, 5) is 13.4. The lowest BCUT2D eigenvalue weighted by molar-refractivity contribution is -0.132. The van der Waals surface area contributed by atoms with Gasteiger partial charge >= 0.3 is 0 Å². The van der Waals surface area contributed by atoms with E-state index in [0.29, 0.717) is 6.54 Å². The van der Waals surface area contributed by atoms with Gasteiger partial charge in [-0.25, -0.2) is 0 Å². The average Bonchev–Trinajstić information content (AvgIpc) is 2.17. The zero-order valence-electron chi connectivity index (χ0n) is 8.69. The van der Waals surface area contributed by atoms with Gasteiger partial charge in [0.15, 0.2) is 0 Å². The Morgan fingerprint density at radius 3 is 3.00 bits per heavy atom. The highest BCUT2D eigenvalue weighted by Crippen LogP contribution is 2.09. The summed E-state index contributed by atoms with van der Waals surface area (Å²) in [5, 5.41) is 12.3. The van der Waals surface area contributed by atoms with Crippen LogP contribution in [0.1, 0.15) is 6.92 Å². The van der Waals surface area contributed by atoms with Crippen molar-refractivity contribution in [1.82, 2.24) is 10.2 Å². The van der Waals surface area contributed by atoms with E-state index in [0.717, 1.165) is 18.1 Å². The lowest BCUT2D eigenvalue weighted by Crippen LogP contribution is -2.50. The highest BCUT2D eigenvalue weighted by molar-refractivity contribution is 7.99. The van der Waals surface area contributed by atoms with Crippen LogP contribution in [-0.4, -0.2) is 59.7 Å². The van der Waals surface area contributed by atoms with E-state index in [2.05, 4.69) is 5.32 Å². The Kier molecular flexibility index (Phi) is 4.71. The molecule has 1 aliphatic heterocycles. The minimum Gasteiger partial charge on any atom is -0.392 e. The molecule has 0 spiro atoms. The number of hydrogen-bond acceptors (Lipinski definition) is 4. The summed E-state index contributed by atoms with van der Waals surface area (Å²) in [6, 6.07) is -0.0718. The second-order valence-corrected chi connectivity index (χ2v) is 4.80. The van der Waals surface area contributed by atoms with Gasteiger partial charge in [-0.3, -0.25) is 4.79 Å². The zero-order valence-corrected chi connectivity index (χ0v) is 9.51. The number of rotatable bonds is 3. The van der Waals surface area contributed by atoms with Gasteiger partial charge in [-0.2, -0.15) is 11.8 Å². The first-order valence-electron chi connectivity index (χ1n) is 4.85. The van der Waals surface area contributed by atoms with Crippen LogP contribution in [0.3, 0.4) is 0 Å². The molecule has 1 heterocycles. The Labute approximate surface area is 89.0 Å². The molecule has 0 aromatic heterocycles. The topological polar surface area (TPSA) is 52.6 Å². The van der Waals surface area contributed by atoms with Crippen molar-refractivity contribution < 1.29 is 9.90 Å². The Morgan fingerprint density at radius 1 is 1.79 bits per heavy atom. The van der Waals surface area contributed by atoms with Crippen LogP contribution in [0.25, 0.3) is 0 Å². The number of nitrogens with zero attached hydrogens (tertiary/aromatic N) is 1. The monoisotopic (exact) mass is 218 g/mol. The number of hydrogen-bond donors (Lipinski definition) is 2. The number of nitrogens with one attached hydrogen (secondary N) is 1. The largest absolute Gasteiger partial charge is 0.392 e. The van der Waals surface area contributed by atoms with E-state index in [4.69, 9.17) is 5.11 Å². The number of amides is 1. The molecule has 1 aliphatic rings. The van der Waals surface area contributed by atoms with Gasteiger partial charge < -0.3 is 15.3 Å². The van der Waals surface area contributed by atoms with E-state index >= 15 is 0 Å². The van der Waals surface area contributed by atoms with Gasteiger partial charge in [0.1, 0.15) is 0 Å². The van der Waals surface area contributed by atoms with Crippen LogP contribution < -0.4 is 5.32 Å². The van der Waals surface area contributed by atoms with Crippen molar-refractivity contribution in [2.45, 2.75) is 19.1 Å². The SMILES string of the molecule is CC(O)CN(C)C(=O)C1CSCCN1. The maximum absolute atomic E-state index is 11.8. The van der Waals surface area contributed by atoms with Crippen LogP contribution in [0.4, 0.5) is 0 Å². The first-order valence-corrected chi connectivity index (χ1v) is 6.01. The van der Waals surface area contributed by atoms with Gasteiger partial charge in [0.05, 0.1) is 12.1 Å². The zero-order chi connectivity index (χ0) is 10.6. The smallest absolute Gasteiger partial charge is 0.240 e. The summed E-state index contributed by atoms with van der Waals surface area (Å²) in [5.74, 6) is 1.99. The van der Waals surface area contributed by atoms with Crippen molar-refractivity contribution in [2.24, 2.45) is 0 Å². The molecule has 0 aromatic carbocycles. The van der Waals surface area contributed by atoms with E-state index in [9.17, 15) is 4.79 Å². The molecule has 0 bridgehead atoms. The van der Waals surface area contributed by atoms with Crippen molar-refractivity contribution in [2.75, 3.05) is 31.6 Å². The molecular formula is C9H18N2O2S. The molecule has 0 aliphatic carbocycles. The highest BCUT2D eigenvalue weighted by Gasteiger charge is 2.24. The Morgan fingerprint density at radius 2 is 2.50 bits per heavy atom. The average molecular weight is 218 g/mol. The molecule has 82 valence electrons. The van der Waals surface area contributed by atoms with Gasteiger partial charge in [0, 0.05) is 31.6 Å². The maximum Gasteiger partial charge on any atom is 0.240 e. The van der Waals surface area contributed by atoms with Gasteiger partial charge in [-0.1, -0.05) is 0 Å². The van der Waals surface area contributed by atoms with Gasteiger partial charge in [0.2, 0.25) is 5.91 Å². The summed E-state index contributed by atoms with van der Waals surface area (Å²) in [7, 11) is 1.73. The van der Waals surface area contributed by atoms with E-state index in [-0.39, 0.29) is 11.9 Å². The molecule has 1 saturated heterocycles. The standard InChI is InChI=1S/C9H18N2O2S/c1-7(12)5-11(2)9(13)8-6-14-4-3-10-8/h7-8,10,12H,3-6H2,1-2H3. The molecule has 0 saturated carbocycles. The number of carbonyl (C=O) groups excluding carboxylic acids is 1. The second kappa shape index (κ2) is 5.58. The normalized spacial score (nSPS) is 24.4. The minimum absolute atomic E-state index is 0.0718. The van der Waals surface area contributed by atoms with E-state index in [1.165, 1.54) is 0 Å². The number of aliphatic hydroxyl groups excluding tert-OH is 1. The molecule has 0 radical (unpaired) electrons. The molecule has 2 N–H and O–H groups in total. The summed E-state index contributed by atoms with van der Waals surface area (Å²) in [6.07, 6.45) is -0.458. The Bertz CT molecular complexity index is 193. The second-order valence-electron chi connectivity index (χ2n) is 3.65. The molecule has 1 amide bonds. The number of thioether (sulfide) groups is 1. The van der Waals surface area contributed by atoms with Gasteiger partial charge in [-0.15, -0.1) is 0 Å². The molecule has 1 rings (SSSR count). The molecule has 2 atom stereocenters. The Hall–Kier alpha value is -0.260. The Balaban J connectivity index is 2.38. The molecule has 2 unspecified atom stereocenters. The van der Waals surface area contributed by atoms with E-state index in [1.54, 1.807) is 30.6 Å². The molecule has 0 aromatic rings. The highest BCUT2D eigenvalue weighted by atomic mass is 32.2. The predicted molar refractivity (Wildman–Crippen MR) is 58.4 cm³/mol. The lowest BCUT2D eigenvalue weighted by atomic mass is 10.2. The fourth-order valence-corrected chi connectivity index (χ4v) is 2.40. The molecule has 4 nitrogen and oxygen atoms in total. The van der Waals surface area contributed by atoms with Crippen molar-refractivity contribution in [3.63, 3.8) is 0 Å². The third kappa shape index (κ3) is 3.48. The van der Waals surface area contributed by atoms with E-state index < -0.39 is 6.10 Å². The minimum atomic E-state index is -0.458. The quantitative estimate of drug-likeness (QED) is 0.672. The van der Waals surface area contributed by atoms with Gasteiger partial charge in [0.25, 0.3) is 0 Å². The first kappa shape index (κ1) is 11.8. The predicted octanol–water partition coefficient (Wildman–Crippen LogP) is -0.469. The third-order valence-electron chi connectivity index (χ3n) is 2.13. The number of aliphatic hydroxyl groups is 1. The number of likely N-dealkylation sites (N-methyl/N-ethyl adjacent to an activating group) is 1. The van der Waals surface area contributed by atoms with Crippen molar-refractivity contribution in [1.29, 1.82) is 0 Å². The lowest BCUT2D eigenvalue weighted by Gasteiger charge is -2.27.